The zero-order valence-corrected chi connectivity index (χ0v) is 13.1. The molecular weight excluding hydrogens is 266 g/mol. The van der Waals surface area contributed by atoms with E-state index in [1.165, 1.54) is 38.5 Å². The van der Waals surface area contributed by atoms with Crippen molar-refractivity contribution in [2.75, 3.05) is 13.2 Å². The fourth-order valence-electron chi connectivity index (χ4n) is 3.22. The summed E-state index contributed by atoms with van der Waals surface area (Å²) in [5, 5.41) is 7.73. The molecule has 0 radical (unpaired) electrons. The van der Waals surface area contributed by atoms with Crippen LogP contribution >= 0.6 is 0 Å². The molecule has 0 saturated heterocycles. The summed E-state index contributed by atoms with van der Waals surface area (Å²) in [4.78, 5) is 4.64. The number of hydrogen-bond donors (Lipinski definition) is 1. The molecule has 1 heterocycles. The van der Waals surface area contributed by atoms with Crippen LogP contribution in [0.15, 0.2) is 4.52 Å². The van der Waals surface area contributed by atoms with Crippen molar-refractivity contribution in [3.63, 3.8) is 0 Å². The molecule has 0 atom stereocenters. The summed E-state index contributed by atoms with van der Waals surface area (Å²) in [6.45, 7) is 3.67. The molecule has 1 aromatic heterocycles. The third-order valence-corrected chi connectivity index (χ3v) is 4.56. The van der Waals surface area contributed by atoms with Gasteiger partial charge in [-0.3, -0.25) is 0 Å². The molecule has 2 saturated carbocycles. The Morgan fingerprint density at radius 3 is 2.67 bits per heavy atom. The highest BCUT2D eigenvalue weighted by Gasteiger charge is 2.38. The summed E-state index contributed by atoms with van der Waals surface area (Å²) >= 11 is 0. The zero-order valence-electron chi connectivity index (χ0n) is 13.1. The Labute approximate surface area is 126 Å². The van der Waals surface area contributed by atoms with Crippen LogP contribution in [-0.2, 0) is 16.8 Å². The first-order chi connectivity index (χ1) is 10.3. The van der Waals surface area contributed by atoms with Crippen LogP contribution in [0.4, 0.5) is 0 Å². The van der Waals surface area contributed by atoms with Crippen LogP contribution in [0.2, 0.25) is 0 Å². The van der Waals surface area contributed by atoms with E-state index in [1.54, 1.807) is 0 Å². The second-order valence-corrected chi connectivity index (χ2v) is 6.33. The van der Waals surface area contributed by atoms with E-state index in [0.717, 1.165) is 43.6 Å². The van der Waals surface area contributed by atoms with Crippen molar-refractivity contribution < 1.29 is 9.26 Å². The van der Waals surface area contributed by atoms with Crippen molar-refractivity contribution in [3.05, 3.63) is 11.7 Å². The van der Waals surface area contributed by atoms with Crippen LogP contribution in [0, 0.1) is 0 Å². The smallest absolute Gasteiger partial charge is 0.228 e. The predicted octanol–water partition coefficient (Wildman–Crippen LogP) is 2.95. The van der Waals surface area contributed by atoms with Crippen molar-refractivity contribution in [3.8, 4) is 0 Å². The molecule has 0 bridgehead atoms. The summed E-state index contributed by atoms with van der Waals surface area (Å²) in [5.41, 5.74) is -0.309. The minimum Gasteiger partial charge on any atom is -0.367 e. The van der Waals surface area contributed by atoms with Gasteiger partial charge in [-0.05, 0) is 32.6 Å². The number of aromatic nitrogens is 2. The predicted molar refractivity (Wildman–Crippen MR) is 80.0 cm³/mol. The Kier molecular flexibility index (Phi) is 4.91. The van der Waals surface area contributed by atoms with E-state index >= 15 is 0 Å². The quantitative estimate of drug-likeness (QED) is 0.783. The van der Waals surface area contributed by atoms with Gasteiger partial charge in [0.25, 0.3) is 0 Å². The van der Waals surface area contributed by atoms with Gasteiger partial charge in [-0.25, -0.2) is 0 Å². The van der Waals surface area contributed by atoms with Gasteiger partial charge in [-0.15, -0.1) is 0 Å². The van der Waals surface area contributed by atoms with Crippen LogP contribution in [0.1, 0.15) is 70.0 Å². The van der Waals surface area contributed by atoms with Crippen LogP contribution in [0.25, 0.3) is 0 Å². The molecule has 2 fully saturated rings. The summed E-state index contributed by atoms with van der Waals surface area (Å²) < 4.78 is 11.6. The molecule has 118 valence electrons. The normalized spacial score (nSPS) is 22.1. The Morgan fingerprint density at radius 2 is 2.00 bits per heavy atom. The summed E-state index contributed by atoms with van der Waals surface area (Å²) in [5.74, 6) is 1.51. The molecule has 3 rings (SSSR count). The molecule has 0 spiro atoms. The van der Waals surface area contributed by atoms with Crippen molar-refractivity contribution >= 4 is 0 Å². The van der Waals surface area contributed by atoms with Gasteiger partial charge in [-0.1, -0.05) is 30.8 Å². The van der Waals surface area contributed by atoms with Crippen molar-refractivity contribution in [2.45, 2.75) is 76.4 Å². The zero-order chi connectivity index (χ0) is 14.5. The number of nitrogens with one attached hydrogen (secondary N) is 1. The van der Waals surface area contributed by atoms with E-state index in [-0.39, 0.29) is 5.60 Å². The summed E-state index contributed by atoms with van der Waals surface area (Å²) in [6, 6.07) is 0.726. The average Bonchev–Trinajstić information content (AvgIpc) is 3.23. The molecule has 0 amide bonds. The maximum Gasteiger partial charge on any atom is 0.228 e. The lowest BCUT2D eigenvalue weighted by molar-refractivity contribution is -0.0636. The van der Waals surface area contributed by atoms with Gasteiger partial charge >= 0.3 is 0 Å². The first-order valence-corrected chi connectivity index (χ1v) is 8.53. The Morgan fingerprint density at radius 1 is 1.24 bits per heavy atom. The second-order valence-electron chi connectivity index (χ2n) is 6.33. The summed E-state index contributed by atoms with van der Waals surface area (Å²) in [6.07, 6.45) is 10.4. The van der Waals surface area contributed by atoms with Gasteiger partial charge in [0.1, 0.15) is 5.60 Å². The Balaban J connectivity index is 1.65. The third kappa shape index (κ3) is 3.83. The van der Waals surface area contributed by atoms with Gasteiger partial charge in [0, 0.05) is 25.6 Å². The van der Waals surface area contributed by atoms with E-state index in [0.29, 0.717) is 6.61 Å². The lowest BCUT2D eigenvalue weighted by Gasteiger charge is -2.29. The molecule has 2 aliphatic carbocycles. The minimum atomic E-state index is -0.309. The fourth-order valence-corrected chi connectivity index (χ4v) is 3.22. The highest BCUT2D eigenvalue weighted by Crippen LogP contribution is 2.38. The van der Waals surface area contributed by atoms with Crippen LogP contribution in [0.5, 0.6) is 0 Å². The van der Waals surface area contributed by atoms with E-state index in [4.69, 9.17) is 9.26 Å². The monoisotopic (exact) mass is 293 g/mol. The lowest BCUT2D eigenvalue weighted by Crippen LogP contribution is -2.31. The van der Waals surface area contributed by atoms with Crippen molar-refractivity contribution in [1.29, 1.82) is 0 Å². The lowest BCUT2D eigenvalue weighted by atomic mass is 9.93. The van der Waals surface area contributed by atoms with Crippen LogP contribution in [0.3, 0.4) is 0 Å². The van der Waals surface area contributed by atoms with E-state index < -0.39 is 0 Å². The molecule has 0 aromatic carbocycles. The Hall–Kier alpha value is -0.940. The van der Waals surface area contributed by atoms with Gasteiger partial charge < -0.3 is 14.6 Å². The van der Waals surface area contributed by atoms with E-state index in [9.17, 15) is 0 Å². The largest absolute Gasteiger partial charge is 0.367 e. The molecular formula is C16H27N3O2. The second kappa shape index (κ2) is 6.88. The van der Waals surface area contributed by atoms with Gasteiger partial charge in [0.05, 0.1) is 0 Å². The first-order valence-electron chi connectivity index (χ1n) is 8.53. The SMILES string of the molecule is CCOC1(c2noc(CCNC3CC3)n2)CCCCCC1. The topological polar surface area (TPSA) is 60.2 Å². The molecule has 1 N–H and O–H groups in total. The fraction of sp³-hybridized carbons (Fsp3) is 0.875. The molecule has 1 aromatic rings. The average molecular weight is 293 g/mol. The minimum absolute atomic E-state index is 0.309. The standard InChI is InChI=1S/C16H27N3O2/c1-2-20-16(10-5-3-4-6-11-16)15-18-14(21-19-15)9-12-17-13-7-8-13/h13,17H,2-12H2,1H3. The van der Waals surface area contributed by atoms with Gasteiger partial charge in [0.15, 0.2) is 0 Å². The molecule has 0 unspecified atom stereocenters. The van der Waals surface area contributed by atoms with Crippen molar-refractivity contribution in [2.24, 2.45) is 0 Å². The van der Waals surface area contributed by atoms with Crippen molar-refractivity contribution in [1.82, 2.24) is 15.5 Å². The van der Waals surface area contributed by atoms with Gasteiger partial charge in [0.2, 0.25) is 11.7 Å². The summed E-state index contributed by atoms with van der Waals surface area (Å²) in [7, 11) is 0. The molecule has 5 nitrogen and oxygen atoms in total. The van der Waals surface area contributed by atoms with Crippen LogP contribution < -0.4 is 5.32 Å². The number of nitrogens with zero attached hydrogens (tertiary/aromatic N) is 2. The molecule has 2 aliphatic rings. The number of ether oxygens (including phenoxy) is 1. The highest BCUT2D eigenvalue weighted by atomic mass is 16.5. The Bertz CT molecular complexity index is 434. The number of rotatable bonds is 7. The maximum atomic E-state index is 6.10. The van der Waals surface area contributed by atoms with E-state index in [1.807, 2.05) is 6.92 Å². The molecule has 21 heavy (non-hydrogen) atoms. The number of hydrogen-bond acceptors (Lipinski definition) is 5. The third-order valence-electron chi connectivity index (χ3n) is 4.56. The van der Waals surface area contributed by atoms with Crippen LogP contribution in [-0.4, -0.2) is 29.3 Å². The van der Waals surface area contributed by atoms with E-state index in [2.05, 4.69) is 15.5 Å². The van der Waals surface area contributed by atoms with Gasteiger partial charge in [-0.2, -0.15) is 4.98 Å². The molecule has 0 aliphatic heterocycles. The first kappa shape index (κ1) is 15.0. The maximum absolute atomic E-state index is 6.10. The highest BCUT2D eigenvalue weighted by molar-refractivity contribution is 5.03. The molecule has 5 heteroatoms.